The van der Waals surface area contributed by atoms with Crippen molar-refractivity contribution in [3.63, 3.8) is 0 Å². The summed E-state index contributed by atoms with van der Waals surface area (Å²) in [6.07, 6.45) is 2.93. The molecule has 0 saturated heterocycles. The lowest BCUT2D eigenvalue weighted by atomic mass is 9.98. The second-order valence-corrected chi connectivity index (χ2v) is 6.40. The van der Waals surface area contributed by atoms with E-state index in [2.05, 4.69) is 18.2 Å². The lowest BCUT2D eigenvalue weighted by Crippen LogP contribution is -2.23. The molecule has 2 aromatic carbocycles. The smallest absolute Gasteiger partial charge is 0.335 e. The van der Waals surface area contributed by atoms with Gasteiger partial charge in [-0.05, 0) is 41.5 Å². The van der Waals surface area contributed by atoms with Crippen molar-refractivity contribution in [1.29, 1.82) is 0 Å². The SMILES string of the molecule is O=C(OCc1ccccc1)[C@H](O)CCc1ccc(C2=CCOCC2)cc1. The molecule has 1 atom stereocenters. The van der Waals surface area contributed by atoms with E-state index in [0.29, 0.717) is 19.4 Å². The second-order valence-electron chi connectivity index (χ2n) is 6.40. The van der Waals surface area contributed by atoms with Crippen molar-refractivity contribution in [2.24, 2.45) is 0 Å². The van der Waals surface area contributed by atoms with Crippen molar-refractivity contribution in [3.05, 3.63) is 77.4 Å². The molecular weight excluding hydrogens is 328 g/mol. The highest BCUT2D eigenvalue weighted by Crippen LogP contribution is 2.22. The molecular formula is C22H24O4. The summed E-state index contributed by atoms with van der Waals surface area (Å²) >= 11 is 0. The second kappa shape index (κ2) is 9.32. The number of aliphatic hydroxyl groups excluding tert-OH is 1. The third-order valence-corrected chi connectivity index (χ3v) is 4.49. The maximum Gasteiger partial charge on any atom is 0.335 e. The van der Waals surface area contributed by atoms with Gasteiger partial charge in [0.15, 0.2) is 6.10 Å². The van der Waals surface area contributed by atoms with Crippen molar-refractivity contribution < 1.29 is 19.4 Å². The first kappa shape index (κ1) is 18.4. The maximum atomic E-state index is 11.9. The standard InChI is InChI=1S/C22H24O4/c23-21(22(24)26-16-18-4-2-1-3-5-18)11-8-17-6-9-19(10-7-17)20-12-14-25-15-13-20/h1-7,9-10,12,21,23H,8,11,13-16H2/t21-/m1/s1. The number of carbonyl (C=O) groups excluding carboxylic acids is 1. The molecule has 1 heterocycles. The minimum absolute atomic E-state index is 0.185. The summed E-state index contributed by atoms with van der Waals surface area (Å²) in [5.74, 6) is -0.571. The number of carbonyl (C=O) groups is 1. The van der Waals surface area contributed by atoms with Crippen LogP contribution in [0.4, 0.5) is 0 Å². The minimum Gasteiger partial charge on any atom is -0.459 e. The van der Waals surface area contributed by atoms with Crippen molar-refractivity contribution in [2.45, 2.75) is 32.0 Å². The number of benzene rings is 2. The maximum absolute atomic E-state index is 11.9. The molecule has 4 heteroatoms. The fraction of sp³-hybridized carbons (Fsp3) is 0.318. The van der Waals surface area contributed by atoms with Gasteiger partial charge in [-0.1, -0.05) is 60.7 Å². The Bertz CT molecular complexity index is 734. The molecule has 3 rings (SSSR count). The summed E-state index contributed by atoms with van der Waals surface area (Å²) in [4.78, 5) is 11.9. The molecule has 0 aliphatic carbocycles. The topological polar surface area (TPSA) is 55.8 Å². The Kier molecular flexibility index (Phi) is 6.58. The number of aryl methyl sites for hydroxylation is 1. The van der Waals surface area contributed by atoms with Crippen LogP contribution >= 0.6 is 0 Å². The average Bonchev–Trinajstić information content (AvgIpc) is 2.72. The number of hydrogen-bond donors (Lipinski definition) is 1. The molecule has 0 amide bonds. The summed E-state index contributed by atoms with van der Waals surface area (Å²) in [6, 6.07) is 17.7. The van der Waals surface area contributed by atoms with Gasteiger partial charge >= 0.3 is 5.97 Å². The molecule has 0 fully saturated rings. The molecule has 4 nitrogen and oxygen atoms in total. The average molecular weight is 352 g/mol. The monoisotopic (exact) mass is 352 g/mol. The van der Waals surface area contributed by atoms with E-state index in [0.717, 1.165) is 24.2 Å². The van der Waals surface area contributed by atoms with Gasteiger partial charge in [-0.15, -0.1) is 0 Å². The van der Waals surface area contributed by atoms with Crippen LogP contribution in [0.25, 0.3) is 5.57 Å². The van der Waals surface area contributed by atoms with E-state index in [-0.39, 0.29) is 6.61 Å². The molecule has 1 aliphatic rings. The van der Waals surface area contributed by atoms with Crippen LogP contribution in [0.5, 0.6) is 0 Å². The molecule has 0 spiro atoms. The van der Waals surface area contributed by atoms with Gasteiger partial charge in [0.25, 0.3) is 0 Å². The highest BCUT2D eigenvalue weighted by Gasteiger charge is 2.16. The Morgan fingerprint density at radius 1 is 1.08 bits per heavy atom. The number of hydrogen-bond acceptors (Lipinski definition) is 4. The van der Waals surface area contributed by atoms with Gasteiger partial charge in [-0.3, -0.25) is 0 Å². The van der Waals surface area contributed by atoms with Gasteiger partial charge in [0, 0.05) is 0 Å². The lowest BCUT2D eigenvalue weighted by molar-refractivity contribution is -0.155. The van der Waals surface area contributed by atoms with E-state index in [1.165, 1.54) is 11.1 Å². The zero-order valence-electron chi connectivity index (χ0n) is 14.8. The molecule has 0 saturated carbocycles. The predicted octanol–water partition coefficient (Wildman–Crippen LogP) is 3.53. The molecule has 0 aromatic heterocycles. The molecule has 1 N–H and O–H groups in total. The fourth-order valence-corrected chi connectivity index (χ4v) is 2.92. The van der Waals surface area contributed by atoms with E-state index < -0.39 is 12.1 Å². The summed E-state index contributed by atoms with van der Waals surface area (Å²) in [5, 5.41) is 10.0. The van der Waals surface area contributed by atoms with Gasteiger partial charge in [0.05, 0.1) is 13.2 Å². The number of rotatable bonds is 7. The summed E-state index contributed by atoms with van der Waals surface area (Å²) in [5.41, 5.74) is 4.52. The molecule has 0 radical (unpaired) electrons. The van der Waals surface area contributed by atoms with Crippen LogP contribution < -0.4 is 0 Å². The largest absolute Gasteiger partial charge is 0.459 e. The minimum atomic E-state index is -1.10. The highest BCUT2D eigenvalue weighted by atomic mass is 16.5. The fourth-order valence-electron chi connectivity index (χ4n) is 2.92. The predicted molar refractivity (Wildman–Crippen MR) is 100 cm³/mol. The van der Waals surface area contributed by atoms with Crippen molar-refractivity contribution in [2.75, 3.05) is 13.2 Å². The molecule has 1 aliphatic heterocycles. The van der Waals surface area contributed by atoms with Crippen LogP contribution in [0, 0.1) is 0 Å². The number of esters is 1. The lowest BCUT2D eigenvalue weighted by Gasteiger charge is -2.14. The zero-order valence-corrected chi connectivity index (χ0v) is 14.8. The quantitative estimate of drug-likeness (QED) is 0.775. The Morgan fingerprint density at radius 2 is 1.85 bits per heavy atom. The van der Waals surface area contributed by atoms with Crippen molar-refractivity contribution in [3.8, 4) is 0 Å². The van der Waals surface area contributed by atoms with Crippen molar-refractivity contribution >= 4 is 11.5 Å². The Labute approximate surface area is 154 Å². The van der Waals surface area contributed by atoms with Crippen LogP contribution in [0.3, 0.4) is 0 Å². The molecule has 0 bridgehead atoms. The third kappa shape index (κ3) is 5.28. The first-order valence-corrected chi connectivity index (χ1v) is 8.97. The van der Waals surface area contributed by atoms with Gasteiger partial charge in [0.1, 0.15) is 6.61 Å². The van der Waals surface area contributed by atoms with E-state index in [1.807, 2.05) is 42.5 Å². The van der Waals surface area contributed by atoms with Crippen molar-refractivity contribution in [1.82, 2.24) is 0 Å². The molecule has 2 aromatic rings. The molecule has 0 unspecified atom stereocenters. The molecule has 26 heavy (non-hydrogen) atoms. The van der Waals surface area contributed by atoms with Crippen LogP contribution in [-0.4, -0.2) is 30.4 Å². The first-order valence-electron chi connectivity index (χ1n) is 8.97. The third-order valence-electron chi connectivity index (χ3n) is 4.49. The highest BCUT2D eigenvalue weighted by molar-refractivity contribution is 5.74. The zero-order chi connectivity index (χ0) is 18.2. The summed E-state index contributed by atoms with van der Waals surface area (Å²) < 4.78 is 10.5. The van der Waals surface area contributed by atoms with E-state index in [4.69, 9.17) is 9.47 Å². The number of aliphatic hydroxyl groups is 1. The Hall–Kier alpha value is -2.43. The van der Waals surface area contributed by atoms with Crippen LogP contribution in [-0.2, 0) is 27.3 Å². The van der Waals surface area contributed by atoms with E-state index >= 15 is 0 Å². The Morgan fingerprint density at radius 3 is 2.54 bits per heavy atom. The number of ether oxygens (including phenoxy) is 2. The van der Waals surface area contributed by atoms with Gasteiger partial charge in [-0.25, -0.2) is 4.79 Å². The van der Waals surface area contributed by atoms with Gasteiger partial charge in [-0.2, -0.15) is 0 Å². The Balaban J connectivity index is 1.45. The first-order chi connectivity index (χ1) is 12.7. The van der Waals surface area contributed by atoms with E-state index in [1.54, 1.807) is 0 Å². The normalized spacial score (nSPS) is 15.2. The van der Waals surface area contributed by atoms with Gasteiger partial charge < -0.3 is 14.6 Å². The van der Waals surface area contributed by atoms with Gasteiger partial charge in [0.2, 0.25) is 0 Å². The van der Waals surface area contributed by atoms with E-state index in [9.17, 15) is 9.90 Å². The van der Waals surface area contributed by atoms with Crippen LogP contribution in [0.2, 0.25) is 0 Å². The summed E-state index contributed by atoms with van der Waals surface area (Å²) in [7, 11) is 0. The van der Waals surface area contributed by atoms with Crippen LogP contribution in [0.15, 0.2) is 60.7 Å². The molecule has 136 valence electrons. The summed E-state index contributed by atoms with van der Waals surface area (Å²) in [6.45, 7) is 1.63. The van der Waals surface area contributed by atoms with Crippen LogP contribution in [0.1, 0.15) is 29.5 Å².